The minimum Gasteiger partial charge on any atom is -0.463 e. The Morgan fingerprint density at radius 2 is 2.17 bits per heavy atom. The number of nitrogens with one attached hydrogen (secondary N) is 3. The molecule has 0 radical (unpaired) electrons. The number of quaternary nitrogens is 1. The minimum atomic E-state index is -0.356. The van der Waals surface area contributed by atoms with Crippen molar-refractivity contribution in [3.8, 4) is 0 Å². The number of ether oxygens (including phenoxy) is 1. The molecular formula is C16H24N3O3S+. The molecule has 2 atom stereocenters. The number of likely N-dealkylation sites (N-methyl/N-ethyl adjacent to an activating group) is 1. The van der Waals surface area contributed by atoms with Gasteiger partial charge in [-0.15, -0.1) is 0 Å². The summed E-state index contributed by atoms with van der Waals surface area (Å²) in [7, 11) is 2.04. The Morgan fingerprint density at radius 3 is 2.78 bits per heavy atom. The Bertz CT molecular complexity index is 583. The maximum atomic E-state index is 12.3. The van der Waals surface area contributed by atoms with Crippen molar-refractivity contribution in [2.75, 3.05) is 20.2 Å². The topological polar surface area (TPSA) is 71.9 Å². The molecule has 2 heterocycles. The molecule has 3 N–H and O–H groups in total. The van der Waals surface area contributed by atoms with Gasteiger partial charge in [-0.05, 0) is 30.2 Å². The number of hydrogen-bond donors (Lipinski definition) is 3. The van der Waals surface area contributed by atoms with E-state index in [0.717, 1.165) is 6.54 Å². The summed E-state index contributed by atoms with van der Waals surface area (Å²) < 4.78 is 5.17. The zero-order chi connectivity index (χ0) is 16.8. The Kier molecular flexibility index (Phi) is 6.18. The highest BCUT2D eigenvalue weighted by atomic mass is 32.1. The first-order chi connectivity index (χ1) is 11.0. The molecule has 0 fully saturated rings. The van der Waals surface area contributed by atoms with Gasteiger partial charge in [0.15, 0.2) is 0 Å². The third-order valence-electron chi connectivity index (χ3n) is 3.71. The first kappa shape index (κ1) is 17.5. The number of amides is 2. The van der Waals surface area contributed by atoms with Crippen LogP contribution in [0.3, 0.4) is 0 Å². The van der Waals surface area contributed by atoms with Gasteiger partial charge in [-0.1, -0.05) is 6.92 Å². The van der Waals surface area contributed by atoms with E-state index in [9.17, 15) is 9.59 Å². The second-order valence-corrected chi connectivity index (χ2v) is 6.39. The molecule has 1 aromatic rings. The van der Waals surface area contributed by atoms with Gasteiger partial charge in [-0.3, -0.25) is 0 Å². The molecule has 2 rings (SSSR count). The molecule has 126 valence electrons. The average molecular weight is 338 g/mol. The van der Waals surface area contributed by atoms with Crippen molar-refractivity contribution in [2.45, 2.75) is 32.9 Å². The number of esters is 1. The number of carbonyl (C=O) groups is 2. The molecular weight excluding hydrogens is 314 g/mol. The maximum absolute atomic E-state index is 12.3. The third-order valence-corrected chi connectivity index (χ3v) is 4.44. The quantitative estimate of drug-likeness (QED) is 0.640. The zero-order valence-corrected chi connectivity index (χ0v) is 14.6. The summed E-state index contributed by atoms with van der Waals surface area (Å²) in [5.41, 5.74) is 2.45. The first-order valence-corrected chi connectivity index (χ1v) is 8.79. The number of urea groups is 1. The summed E-state index contributed by atoms with van der Waals surface area (Å²) in [6, 6.07) is 1.53. The van der Waals surface area contributed by atoms with Crippen LogP contribution in [0.15, 0.2) is 28.1 Å². The maximum Gasteiger partial charge on any atom is 0.338 e. The molecule has 0 spiro atoms. The fraction of sp³-hybridized carbons (Fsp3) is 0.500. The highest BCUT2D eigenvalue weighted by Crippen LogP contribution is 2.16. The fourth-order valence-corrected chi connectivity index (χ4v) is 3.38. The second-order valence-electron chi connectivity index (χ2n) is 5.61. The van der Waals surface area contributed by atoms with E-state index in [0.29, 0.717) is 30.8 Å². The van der Waals surface area contributed by atoms with Crippen LogP contribution in [0, 0.1) is 0 Å². The predicted octanol–water partition coefficient (Wildman–Crippen LogP) is 0.671. The summed E-state index contributed by atoms with van der Waals surface area (Å²) in [4.78, 5) is 25.3. The standard InChI is InChI=1S/C16H23N3O3S/c1-4-12-14(15(20)22-5-2)13(18-16(21)17-12)9-19(3)8-11-6-7-23-10-11/h6-7,10,12H,4-5,8-9H2,1-3H3,(H2,17,18,21)/p+1/t12-/m1/s1. The second kappa shape index (κ2) is 8.12. The monoisotopic (exact) mass is 338 g/mol. The molecule has 7 heteroatoms. The lowest BCUT2D eigenvalue weighted by atomic mass is 10.00. The van der Waals surface area contributed by atoms with Crippen molar-refractivity contribution in [1.82, 2.24) is 10.6 Å². The lowest BCUT2D eigenvalue weighted by molar-refractivity contribution is -0.889. The van der Waals surface area contributed by atoms with E-state index in [1.54, 1.807) is 18.3 Å². The van der Waals surface area contributed by atoms with Crippen LogP contribution in [0.4, 0.5) is 4.79 Å². The first-order valence-electron chi connectivity index (χ1n) is 7.85. The molecule has 23 heavy (non-hydrogen) atoms. The smallest absolute Gasteiger partial charge is 0.338 e. The fourth-order valence-electron chi connectivity index (χ4n) is 2.71. The number of rotatable bonds is 7. The molecule has 6 nitrogen and oxygen atoms in total. The van der Waals surface area contributed by atoms with Crippen molar-refractivity contribution in [2.24, 2.45) is 0 Å². The normalized spacial score (nSPS) is 19.1. The van der Waals surface area contributed by atoms with Crippen LogP contribution >= 0.6 is 11.3 Å². The molecule has 1 unspecified atom stereocenters. The summed E-state index contributed by atoms with van der Waals surface area (Å²) in [5.74, 6) is -0.356. The Morgan fingerprint density at radius 1 is 1.39 bits per heavy atom. The Balaban J connectivity index is 2.20. The van der Waals surface area contributed by atoms with Crippen molar-refractivity contribution in [3.63, 3.8) is 0 Å². The molecule has 0 saturated carbocycles. The Hall–Kier alpha value is -1.86. The lowest BCUT2D eigenvalue weighted by Crippen LogP contribution is -3.08. The average Bonchev–Trinajstić information content (AvgIpc) is 2.99. The van der Waals surface area contributed by atoms with Crippen LogP contribution in [0.2, 0.25) is 0 Å². The van der Waals surface area contributed by atoms with E-state index in [1.165, 1.54) is 10.5 Å². The van der Waals surface area contributed by atoms with Gasteiger partial charge in [0.05, 0.1) is 31.0 Å². The summed E-state index contributed by atoms with van der Waals surface area (Å²) in [6.45, 7) is 5.44. The van der Waals surface area contributed by atoms with Crippen LogP contribution in [-0.2, 0) is 16.1 Å². The SMILES string of the molecule is CCOC(=O)C1=C(C[NH+](C)Cc2ccsc2)NC(=O)N[C@@H]1CC. The van der Waals surface area contributed by atoms with Gasteiger partial charge >= 0.3 is 12.0 Å². The number of thiophene rings is 1. The zero-order valence-electron chi connectivity index (χ0n) is 13.8. The van der Waals surface area contributed by atoms with E-state index in [1.807, 2.05) is 19.4 Å². The van der Waals surface area contributed by atoms with E-state index in [-0.39, 0.29) is 18.0 Å². The van der Waals surface area contributed by atoms with Crippen LogP contribution in [0.25, 0.3) is 0 Å². The van der Waals surface area contributed by atoms with Gasteiger partial charge in [0, 0.05) is 5.56 Å². The van der Waals surface area contributed by atoms with Gasteiger partial charge in [-0.2, -0.15) is 11.3 Å². The van der Waals surface area contributed by atoms with Crippen LogP contribution < -0.4 is 15.5 Å². The van der Waals surface area contributed by atoms with Crippen molar-refractivity contribution < 1.29 is 19.2 Å². The highest BCUT2D eigenvalue weighted by molar-refractivity contribution is 7.07. The van der Waals surface area contributed by atoms with E-state index in [4.69, 9.17) is 4.74 Å². The molecule has 2 amide bonds. The van der Waals surface area contributed by atoms with E-state index >= 15 is 0 Å². The molecule has 0 bridgehead atoms. The van der Waals surface area contributed by atoms with E-state index in [2.05, 4.69) is 22.1 Å². The minimum absolute atomic E-state index is 0.261. The van der Waals surface area contributed by atoms with Gasteiger partial charge in [0.2, 0.25) is 0 Å². The lowest BCUT2D eigenvalue weighted by Gasteiger charge is -2.29. The molecule has 0 aromatic carbocycles. The molecule has 1 aliphatic rings. The number of carbonyl (C=O) groups excluding carboxylic acids is 2. The Labute approximate surface area is 140 Å². The van der Waals surface area contributed by atoms with E-state index < -0.39 is 0 Å². The molecule has 0 saturated heterocycles. The van der Waals surface area contributed by atoms with Crippen LogP contribution in [0.5, 0.6) is 0 Å². The third kappa shape index (κ3) is 4.56. The van der Waals surface area contributed by atoms with Gasteiger partial charge in [0.1, 0.15) is 13.1 Å². The molecule has 0 aliphatic carbocycles. The molecule has 1 aromatic heterocycles. The van der Waals surface area contributed by atoms with Gasteiger partial charge in [-0.25, -0.2) is 9.59 Å². The largest absolute Gasteiger partial charge is 0.463 e. The van der Waals surface area contributed by atoms with Crippen molar-refractivity contribution in [3.05, 3.63) is 33.7 Å². The van der Waals surface area contributed by atoms with Crippen molar-refractivity contribution >= 4 is 23.3 Å². The summed E-state index contributed by atoms with van der Waals surface area (Å²) in [5, 5.41) is 9.74. The van der Waals surface area contributed by atoms with Crippen molar-refractivity contribution in [1.29, 1.82) is 0 Å². The summed E-state index contributed by atoms with van der Waals surface area (Å²) in [6.07, 6.45) is 0.647. The molecule has 1 aliphatic heterocycles. The van der Waals surface area contributed by atoms with Crippen LogP contribution in [-0.4, -0.2) is 38.2 Å². The summed E-state index contributed by atoms with van der Waals surface area (Å²) >= 11 is 1.66. The van der Waals surface area contributed by atoms with Crippen LogP contribution in [0.1, 0.15) is 25.8 Å². The van der Waals surface area contributed by atoms with Gasteiger partial charge < -0.3 is 20.3 Å². The number of hydrogen-bond acceptors (Lipinski definition) is 4. The highest BCUT2D eigenvalue weighted by Gasteiger charge is 2.32. The predicted molar refractivity (Wildman–Crippen MR) is 89.2 cm³/mol. The van der Waals surface area contributed by atoms with Gasteiger partial charge in [0.25, 0.3) is 0 Å².